The van der Waals surface area contributed by atoms with Crippen LogP contribution in [0.4, 0.5) is 0 Å². The first-order chi connectivity index (χ1) is 24.3. The van der Waals surface area contributed by atoms with Crippen LogP contribution in [0, 0.1) is 0 Å². The number of ether oxygens (including phenoxy) is 1. The molecule has 50 heavy (non-hydrogen) atoms. The van der Waals surface area contributed by atoms with Crippen molar-refractivity contribution in [3.05, 3.63) is 88.2 Å². The summed E-state index contributed by atoms with van der Waals surface area (Å²) in [5.41, 5.74) is 8.73. The third kappa shape index (κ3) is 7.07. The van der Waals surface area contributed by atoms with E-state index in [9.17, 15) is 9.59 Å². The van der Waals surface area contributed by atoms with Crippen LogP contribution in [0.25, 0.3) is 44.5 Å². The van der Waals surface area contributed by atoms with E-state index in [1.54, 1.807) is 7.11 Å². The Bertz CT molecular complexity index is 2080. The second kappa shape index (κ2) is 14.8. The molecule has 2 aromatic carbocycles. The Morgan fingerprint density at radius 1 is 0.840 bits per heavy atom. The Morgan fingerprint density at radius 3 is 2.06 bits per heavy atom. The number of nitrogens with zero attached hydrogens (tertiary/aromatic N) is 3. The zero-order chi connectivity index (χ0) is 34.8. The van der Waals surface area contributed by atoms with Crippen molar-refractivity contribution >= 4 is 46.0 Å². The molecule has 3 aromatic heterocycles. The van der Waals surface area contributed by atoms with Crippen molar-refractivity contribution in [1.29, 1.82) is 0 Å². The molecular formula is C38H39Cl2N7O3. The predicted molar refractivity (Wildman–Crippen MR) is 197 cm³/mol. The van der Waals surface area contributed by atoms with Gasteiger partial charge in [-0.3, -0.25) is 14.6 Å². The third-order valence-electron chi connectivity index (χ3n) is 9.49. The molecule has 2 saturated heterocycles. The van der Waals surface area contributed by atoms with Gasteiger partial charge in [0.1, 0.15) is 0 Å². The summed E-state index contributed by atoms with van der Waals surface area (Å²) in [5.74, 6) is 0.733. The van der Waals surface area contributed by atoms with Crippen LogP contribution in [0.1, 0.15) is 36.8 Å². The van der Waals surface area contributed by atoms with E-state index in [0.29, 0.717) is 54.1 Å². The Labute approximate surface area is 300 Å². The number of hydrogen-bond donors (Lipinski definition) is 4. The fourth-order valence-corrected chi connectivity index (χ4v) is 7.53. The molecule has 2 aliphatic rings. The highest BCUT2D eigenvalue weighted by Crippen LogP contribution is 2.42. The number of amides is 2. The van der Waals surface area contributed by atoms with E-state index in [4.69, 9.17) is 37.9 Å². The number of benzene rings is 2. The lowest BCUT2D eigenvalue weighted by Gasteiger charge is -2.16. The van der Waals surface area contributed by atoms with Crippen LogP contribution in [0.5, 0.6) is 5.88 Å². The zero-order valence-corrected chi connectivity index (χ0v) is 29.5. The smallest absolute Gasteiger partial charge is 0.220 e. The van der Waals surface area contributed by atoms with Crippen LogP contribution in [0.15, 0.2) is 67.0 Å². The Hall–Kier alpha value is -4.48. The van der Waals surface area contributed by atoms with Gasteiger partial charge in [-0.15, -0.1) is 0 Å². The second-order valence-corrected chi connectivity index (χ2v) is 13.7. The molecule has 10 nitrogen and oxygen atoms in total. The number of halogens is 2. The van der Waals surface area contributed by atoms with Crippen molar-refractivity contribution in [1.82, 2.24) is 35.8 Å². The van der Waals surface area contributed by atoms with Crippen molar-refractivity contribution in [3.8, 4) is 39.4 Å². The maximum absolute atomic E-state index is 11.5. The highest BCUT2D eigenvalue weighted by molar-refractivity contribution is 6.39. The summed E-state index contributed by atoms with van der Waals surface area (Å²) in [7, 11) is 3.62. The number of fused-ring (bicyclic) bond motifs is 1. The molecule has 0 spiro atoms. The van der Waals surface area contributed by atoms with Gasteiger partial charge in [0, 0.05) is 109 Å². The fraction of sp³-hybridized carbons (Fsp3) is 0.316. The average molecular weight is 713 g/mol. The molecule has 2 amide bonds. The van der Waals surface area contributed by atoms with Gasteiger partial charge in [-0.2, -0.15) is 0 Å². The first kappa shape index (κ1) is 34.0. The van der Waals surface area contributed by atoms with E-state index in [1.165, 1.54) is 0 Å². The summed E-state index contributed by atoms with van der Waals surface area (Å²) in [6.07, 6.45) is 6.82. The summed E-state index contributed by atoms with van der Waals surface area (Å²) >= 11 is 14.3. The molecule has 12 heteroatoms. The first-order valence-electron chi connectivity index (χ1n) is 16.8. The van der Waals surface area contributed by atoms with Gasteiger partial charge in [-0.1, -0.05) is 65.7 Å². The summed E-state index contributed by atoms with van der Waals surface area (Å²) in [4.78, 5) is 32.7. The highest BCUT2D eigenvalue weighted by atomic mass is 35.5. The van der Waals surface area contributed by atoms with Crippen molar-refractivity contribution in [2.24, 2.45) is 7.05 Å². The number of hydrogen-bond acceptors (Lipinski definition) is 7. The molecule has 258 valence electrons. The lowest BCUT2D eigenvalue weighted by Crippen LogP contribution is -2.35. The van der Waals surface area contributed by atoms with Gasteiger partial charge in [0.15, 0.2) is 0 Å². The molecule has 0 radical (unpaired) electrons. The van der Waals surface area contributed by atoms with Crippen LogP contribution < -0.4 is 26.0 Å². The Morgan fingerprint density at radius 2 is 1.44 bits per heavy atom. The lowest BCUT2D eigenvalue weighted by molar-refractivity contribution is -0.120. The normalized spacial score (nSPS) is 17.4. The van der Waals surface area contributed by atoms with Crippen LogP contribution in [-0.2, 0) is 29.7 Å². The molecule has 5 heterocycles. The molecule has 2 fully saturated rings. The van der Waals surface area contributed by atoms with E-state index in [2.05, 4.69) is 38.1 Å². The number of pyridine rings is 2. The first-order valence-corrected chi connectivity index (χ1v) is 17.6. The highest BCUT2D eigenvalue weighted by Gasteiger charge is 2.22. The molecule has 4 N–H and O–H groups in total. The number of carbonyl (C=O) groups excluding carboxylic acids is 2. The zero-order valence-electron chi connectivity index (χ0n) is 28.0. The van der Waals surface area contributed by atoms with Crippen molar-refractivity contribution in [3.63, 3.8) is 0 Å². The molecular weight excluding hydrogens is 673 g/mol. The number of aromatic nitrogens is 3. The summed E-state index contributed by atoms with van der Waals surface area (Å²) < 4.78 is 7.74. The summed E-state index contributed by atoms with van der Waals surface area (Å²) in [5, 5.41) is 14.0. The number of rotatable bonds is 12. The van der Waals surface area contributed by atoms with Gasteiger partial charge < -0.3 is 30.6 Å². The lowest BCUT2D eigenvalue weighted by atomic mass is 9.97. The number of methoxy groups -OCH3 is 1. The Balaban J connectivity index is 1.11. The molecule has 0 unspecified atom stereocenters. The quantitative estimate of drug-likeness (QED) is 0.125. The van der Waals surface area contributed by atoms with Gasteiger partial charge in [-0.05, 0) is 25.0 Å². The van der Waals surface area contributed by atoms with Gasteiger partial charge >= 0.3 is 0 Å². The maximum Gasteiger partial charge on any atom is 0.220 e. The van der Waals surface area contributed by atoms with E-state index < -0.39 is 0 Å². The molecule has 2 atom stereocenters. The van der Waals surface area contributed by atoms with Gasteiger partial charge in [0.25, 0.3) is 0 Å². The molecule has 0 aliphatic carbocycles. The van der Waals surface area contributed by atoms with E-state index in [1.807, 2.05) is 61.8 Å². The van der Waals surface area contributed by atoms with Crippen LogP contribution in [0.3, 0.4) is 0 Å². The van der Waals surface area contributed by atoms with E-state index >= 15 is 0 Å². The minimum Gasteiger partial charge on any atom is -0.481 e. The molecule has 7 rings (SSSR count). The van der Waals surface area contributed by atoms with Crippen molar-refractivity contribution in [2.45, 2.75) is 50.9 Å². The largest absolute Gasteiger partial charge is 0.481 e. The van der Waals surface area contributed by atoms with Crippen LogP contribution in [0.2, 0.25) is 10.0 Å². The van der Waals surface area contributed by atoms with Crippen LogP contribution in [-0.4, -0.2) is 58.6 Å². The van der Waals surface area contributed by atoms with Gasteiger partial charge in [-0.25, -0.2) is 4.98 Å². The summed E-state index contributed by atoms with van der Waals surface area (Å²) in [6.45, 7) is 2.62. The molecule has 2 aliphatic heterocycles. The third-order valence-corrected chi connectivity index (χ3v) is 10.3. The SMILES string of the molecule is COc1nc(-c2cccc(-c3cccc(-c4cnc5c(CNC[C@@H]6CCC(=O)N6)cn(C)c5c4)c3Cl)c2Cl)ccc1CNC[C@@H]1CCC(=O)N1. The number of aryl methyl sites for hydroxylation is 1. The average Bonchev–Trinajstić information content (AvgIpc) is 3.83. The van der Waals surface area contributed by atoms with E-state index in [-0.39, 0.29) is 23.9 Å². The van der Waals surface area contributed by atoms with Gasteiger partial charge in [0.05, 0.1) is 33.9 Å². The fourth-order valence-electron chi connectivity index (χ4n) is 6.86. The van der Waals surface area contributed by atoms with E-state index in [0.717, 1.165) is 69.4 Å². The monoisotopic (exact) mass is 711 g/mol. The Kier molecular flexibility index (Phi) is 10.1. The topological polar surface area (TPSA) is 122 Å². The molecule has 5 aromatic rings. The summed E-state index contributed by atoms with van der Waals surface area (Å²) in [6, 6.07) is 18.2. The van der Waals surface area contributed by atoms with Gasteiger partial charge in [0.2, 0.25) is 17.7 Å². The predicted octanol–water partition coefficient (Wildman–Crippen LogP) is 6.02. The minimum absolute atomic E-state index is 0.102. The molecule has 0 bridgehead atoms. The molecule has 0 saturated carbocycles. The van der Waals surface area contributed by atoms with Crippen molar-refractivity contribution in [2.75, 3.05) is 20.2 Å². The van der Waals surface area contributed by atoms with Crippen molar-refractivity contribution < 1.29 is 14.3 Å². The maximum atomic E-state index is 11.5. The number of nitrogens with one attached hydrogen (secondary N) is 4. The standard InChI is InChI=1S/C38H39Cl2N7O3/c1-47-21-24(17-42-20-26-11-14-34(49)45-26)37-32(47)15-23(18-43-37)27-5-3-6-28(35(27)39)29-7-4-8-30(36(29)40)31-12-9-22(38(46-31)50-2)16-41-19-25-10-13-33(48)44-25/h3-9,12,15,18,21,25-26,41-42H,10-11,13-14,16-17,19-20H2,1-2H3,(H,44,48)(H,45,49)/t25-,26-/m0/s1. The van der Waals surface area contributed by atoms with Crippen LogP contribution >= 0.6 is 23.2 Å². The minimum atomic E-state index is 0.102. The number of carbonyl (C=O) groups is 2. The second-order valence-electron chi connectivity index (χ2n) is 12.9.